The molecular formula is C34H46Cl4N6O4. The SMILES string of the molecule is CCN(CCO)c1ccc(N)cc1.CCN(CCO)c1ccc(N=C2C=C(C)C(=O)C(Cl)=C2N)cc1.Cc1ccc(N)c(Cl)c1O.Cl.Cl. The Bertz CT molecular complexity index is 1520. The molecule has 48 heavy (non-hydrogen) atoms. The molecule has 0 spiro atoms. The molecule has 14 heteroatoms. The number of nitrogens with zero attached hydrogens (tertiary/aromatic N) is 3. The number of phenolic OH excluding ortho intramolecular Hbond substituents is 1. The van der Waals surface area contributed by atoms with Crippen LogP contribution in [0.5, 0.6) is 5.75 Å². The first-order valence-corrected chi connectivity index (χ1v) is 15.5. The topological polar surface area (TPSA) is 175 Å². The minimum Gasteiger partial charge on any atom is -0.506 e. The van der Waals surface area contributed by atoms with E-state index in [1.54, 1.807) is 32.1 Å². The van der Waals surface area contributed by atoms with Crippen molar-refractivity contribution in [3.05, 3.63) is 93.6 Å². The van der Waals surface area contributed by atoms with Crippen molar-refractivity contribution in [3.8, 4) is 5.75 Å². The number of benzene rings is 3. The number of aliphatic hydroxyl groups excluding tert-OH is 2. The fourth-order valence-electron chi connectivity index (χ4n) is 4.27. The van der Waals surface area contributed by atoms with Gasteiger partial charge in [0, 0.05) is 48.8 Å². The number of likely N-dealkylation sites (N-methyl/N-ethyl adjacent to an activating group) is 2. The molecule has 0 atom stereocenters. The fourth-order valence-corrected chi connectivity index (χ4v) is 4.73. The van der Waals surface area contributed by atoms with Gasteiger partial charge in [-0.25, -0.2) is 4.99 Å². The maximum Gasteiger partial charge on any atom is 0.202 e. The fraction of sp³-hybridized carbons (Fsp3) is 0.294. The number of allylic oxidation sites excluding steroid dienone is 3. The largest absolute Gasteiger partial charge is 0.506 e. The summed E-state index contributed by atoms with van der Waals surface area (Å²) < 4.78 is 0. The highest BCUT2D eigenvalue weighted by Gasteiger charge is 2.21. The lowest BCUT2D eigenvalue weighted by atomic mass is 10.0. The van der Waals surface area contributed by atoms with Gasteiger partial charge in [0.25, 0.3) is 0 Å². The molecule has 0 radical (unpaired) electrons. The lowest BCUT2D eigenvalue weighted by molar-refractivity contribution is -0.111. The van der Waals surface area contributed by atoms with Crippen molar-refractivity contribution in [1.29, 1.82) is 0 Å². The highest BCUT2D eigenvalue weighted by Crippen LogP contribution is 2.31. The van der Waals surface area contributed by atoms with Gasteiger partial charge < -0.3 is 42.3 Å². The predicted octanol–water partition coefficient (Wildman–Crippen LogP) is 6.38. The van der Waals surface area contributed by atoms with E-state index in [1.807, 2.05) is 55.5 Å². The summed E-state index contributed by atoms with van der Waals surface area (Å²) >= 11 is 11.6. The number of rotatable bonds is 9. The summed E-state index contributed by atoms with van der Waals surface area (Å²) in [5, 5.41) is 27.3. The molecule has 1 aliphatic rings. The third-order valence-corrected chi connectivity index (χ3v) is 7.77. The molecule has 1 aliphatic carbocycles. The van der Waals surface area contributed by atoms with Gasteiger partial charge in [-0.1, -0.05) is 29.3 Å². The molecule has 10 nitrogen and oxygen atoms in total. The molecule has 264 valence electrons. The van der Waals surface area contributed by atoms with E-state index in [1.165, 1.54) is 0 Å². The number of aliphatic hydroxyl groups is 2. The smallest absolute Gasteiger partial charge is 0.202 e. The number of hydrogen-bond donors (Lipinski definition) is 6. The van der Waals surface area contributed by atoms with Gasteiger partial charge in [0.05, 0.1) is 36.0 Å². The molecule has 3 aromatic rings. The number of aryl methyl sites for hydroxylation is 1. The number of nitrogens with two attached hydrogens (primary N) is 3. The van der Waals surface area contributed by atoms with Crippen molar-refractivity contribution in [2.45, 2.75) is 27.7 Å². The summed E-state index contributed by atoms with van der Waals surface area (Å²) in [6.45, 7) is 10.8. The van der Waals surface area contributed by atoms with E-state index in [-0.39, 0.29) is 65.3 Å². The second kappa shape index (κ2) is 22.1. The minimum absolute atomic E-state index is 0. The van der Waals surface area contributed by atoms with Crippen molar-refractivity contribution >= 4 is 87.9 Å². The highest BCUT2D eigenvalue weighted by atomic mass is 35.5. The maximum atomic E-state index is 11.7. The van der Waals surface area contributed by atoms with Crippen LogP contribution in [0.2, 0.25) is 5.02 Å². The van der Waals surface area contributed by atoms with E-state index in [9.17, 15) is 9.90 Å². The van der Waals surface area contributed by atoms with Gasteiger partial charge in [0.2, 0.25) is 5.78 Å². The molecule has 9 N–H and O–H groups in total. The maximum absolute atomic E-state index is 11.7. The Morgan fingerprint density at radius 2 is 1.25 bits per heavy atom. The van der Waals surface area contributed by atoms with E-state index in [0.717, 1.165) is 41.4 Å². The summed E-state index contributed by atoms with van der Waals surface area (Å²) in [6.07, 6.45) is 1.64. The number of carbonyl (C=O) groups excluding carboxylic acids is 1. The van der Waals surface area contributed by atoms with E-state index in [0.29, 0.717) is 30.1 Å². The zero-order valence-corrected chi connectivity index (χ0v) is 30.6. The molecule has 0 aliphatic heterocycles. The van der Waals surface area contributed by atoms with Gasteiger partial charge >= 0.3 is 0 Å². The van der Waals surface area contributed by atoms with Crippen LogP contribution in [0.1, 0.15) is 26.3 Å². The molecule has 0 heterocycles. The highest BCUT2D eigenvalue weighted by molar-refractivity contribution is 6.49. The number of nitrogen functional groups attached to an aromatic ring is 2. The van der Waals surface area contributed by atoms with Crippen LogP contribution in [0.25, 0.3) is 0 Å². The third kappa shape index (κ3) is 12.8. The molecule has 4 rings (SSSR count). The number of aliphatic imine (C=N–C) groups is 1. The first-order chi connectivity index (χ1) is 21.9. The van der Waals surface area contributed by atoms with Gasteiger partial charge in [-0.15, -0.1) is 24.8 Å². The lowest BCUT2D eigenvalue weighted by Crippen LogP contribution is -2.25. The summed E-state index contributed by atoms with van der Waals surface area (Å²) in [6, 6.07) is 18.7. The van der Waals surface area contributed by atoms with Crippen LogP contribution >= 0.6 is 48.0 Å². The van der Waals surface area contributed by atoms with Gasteiger partial charge in [0.15, 0.2) is 0 Å². The standard InChI is InChI=1S/C17H20ClN3O2.C10H16N2O.C7H8ClNO.2ClH/c1-3-21(8-9-22)13-6-4-12(5-7-13)20-14-10-11(2)17(23)15(18)16(14)19;1-2-12(7-8-13)10-5-3-9(11)4-6-10;1-4-2-3-5(9)6(8)7(4)10;;/h4-7,10,22H,3,8-9,19H2,1-2H3;3-6,13H,2,7-8,11H2,1H3;2-3,10H,9H2,1H3;2*1H. The first-order valence-electron chi connectivity index (χ1n) is 14.8. The Balaban J connectivity index is 0.000000749. The van der Waals surface area contributed by atoms with Crippen LogP contribution in [0.3, 0.4) is 0 Å². The van der Waals surface area contributed by atoms with Gasteiger partial charge in [-0.05, 0) is 93.9 Å². The lowest BCUT2D eigenvalue weighted by Gasteiger charge is -2.22. The normalized spacial score (nSPS) is 12.8. The van der Waals surface area contributed by atoms with Crippen molar-refractivity contribution in [2.75, 3.05) is 60.7 Å². The van der Waals surface area contributed by atoms with Gasteiger partial charge in [0.1, 0.15) is 15.8 Å². The van der Waals surface area contributed by atoms with Gasteiger partial charge in [-0.3, -0.25) is 4.79 Å². The number of Topliss-reactive ketones (excluding diaryl/α,β-unsaturated/α-hetero) is 1. The molecular weight excluding hydrogens is 698 g/mol. The monoisotopic (exact) mass is 742 g/mol. The molecule has 3 aromatic carbocycles. The van der Waals surface area contributed by atoms with Crippen molar-refractivity contribution < 1.29 is 20.1 Å². The first kappa shape index (κ1) is 44.4. The number of carbonyl (C=O) groups is 1. The summed E-state index contributed by atoms with van der Waals surface area (Å²) in [5.41, 5.74) is 22.8. The van der Waals surface area contributed by atoms with Crippen LogP contribution in [0.15, 0.2) is 88.0 Å². The van der Waals surface area contributed by atoms with Crippen LogP contribution in [0, 0.1) is 6.92 Å². The number of halogens is 4. The Hall–Kier alpha value is -3.64. The van der Waals surface area contributed by atoms with E-state index in [4.69, 9.17) is 50.6 Å². The van der Waals surface area contributed by atoms with Crippen molar-refractivity contribution in [3.63, 3.8) is 0 Å². The summed E-state index contributed by atoms with van der Waals surface area (Å²) in [5.74, 6) is -0.192. The Morgan fingerprint density at radius 3 is 1.69 bits per heavy atom. The number of phenols is 1. The van der Waals surface area contributed by atoms with Crippen LogP contribution in [0.4, 0.5) is 28.4 Å². The molecule has 0 amide bonds. The van der Waals surface area contributed by atoms with E-state index in [2.05, 4.69) is 21.7 Å². The summed E-state index contributed by atoms with van der Waals surface area (Å²) in [7, 11) is 0. The van der Waals surface area contributed by atoms with E-state index < -0.39 is 0 Å². The van der Waals surface area contributed by atoms with Crippen molar-refractivity contribution in [2.24, 2.45) is 10.7 Å². The van der Waals surface area contributed by atoms with Crippen molar-refractivity contribution in [1.82, 2.24) is 0 Å². The van der Waals surface area contributed by atoms with Crippen LogP contribution in [-0.2, 0) is 4.79 Å². The Morgan fingerprint density at radius 1 is 0.771 bits per heavy atom. The molecule has 0 unspecified atom stereocenters. The third-order valence-electron chi connectivity index (χ3n) is 7.00. The molecule has 0 saturated heterocycles. The zero-order chi connectivity index (χ0) is 34.4. The average Bonchev–Trinajstić information content (AvgIpc) is 3.06. The molecule has 0 aromatic heterocycles. The quantitative estimate of drug-likeness (QED) is 0.107. The average molecular weight is 745 g/mol. The number of hydrogen-bond acceptors (Lipinski definition) is 10. The Kier molecular flexibility index (Phi) is 20.4. The van der Waals surface area contributed by atoms with Gasteiger partial charge in [-0.2, -0.15) is 0 Å². The summed E-state index contributed by atoms with van der Waals surface area (Å²) in [4.78, 5) is 20.3. The second-order valence-electron chi connectivity index (χ2n) is 10.2. The zero-order valence-electron chi connectivity index (χ0n) is 27.5. The Labute approximate surface area is 305 Å². The molecule has 0 bridgehead atoms. The number of anilines is 4. The minimum atomic E-state index is -0.263. The number of aromatic hydroxyl groups is 1. The number of ketones is 1. The van der Waals surface area contributed by atoms with E-state index >= 15 is 0 Å². The molecule has 0 fully saturated rings. The van der Waals surface area contributed by atoms with Crippen LogP contribution in [-0.4, -0.2) is 66.2 Å². The second-order valence-corrected chi connectivity index (χ2v) is 11.0. The predicted molar refractivity (Wildman–Crippen MR) is 207 cm³/mol. The van der Waals surface area contributed by atoms with Crippen LogP contribution < -0.4 is 27.0 Å². The molecule has 0 saturated carbocycles.